The molecule has 0 bridgehead atoms. The maximum Gasteiger partial charge on any atom is 0.264 e. The standard InChI is InChI=1S/C24H24N2O3S/c1-26(21-13-6-3-7-14-21)30(28,29)22-15-8-10-19(18-22)23(27)25-24(16-9-17-24)20-11-4-2-5-12-20/h2-8,10-15,18H,9,16-17H2,1H3,(H,25,27). The third-order valence-corrected chi connectivity index (χ3v) is 7.54. The lowest BCUT2D eigenvalue weighted by Gasteiger charge is -2.43. The van der Waals surface area contributed by atoms with E-state index >= 15 is 0 Å². The highest BCUT2D eigenvalue weighted by Crippen LogP contribution is 2.41. The summed E-state index contributed by atoms with van der Waals surface area (Å²) in [5.74, 6) is -0.266. The van der Waals surface area contributed by atoms with E-state index in [9.17, 15) is 13.2 Å². The molecular formula is C24H24N2O3S. The van der Waals surface area contributed by atoms with Gasteiger partial charge in [-0.05, 0) is 55.2 Å². The molecule has 1 N–H and O–H groups in total. The zero-order valence-electron chi connectivity index (χ0n) is 16.8. The molecule has 0 heterocycles. The predicted octanol–water partition coefficient (Wildman–Crippen LogP) is 4.32. The molecule has 1 amide bonds. The Morgan fingerprint density at radius 2 is 1.53 bits per heavy atom. The Kier molecular flexibility index (Phi) is 5.35. The van der Waals surface area contributed by atoms with E-state index in [0.717, 1.165) is 24.8 Å². The van der Waals surface area contributed by atoms with Crippen molar-refractivity contribution in [3.63, 3.8) is 0 Å². The van der Waals surface area contributed by atoms with Crippen LogP contribution in [-0.2, 0) is 15.6 Å². The van der Waals surface area contributed by atoms with E-state index in [1.54, 1.807) is 36.4 Å². The van der Waals surface area contributed by atoms with E-state index in [2.05, 4.69) is 5.32 Å². The Morgan fingerprint density at radius 1 is 0.900 bits per heavy atom. The van der Waals surface area contributed by atoms with Crippen LogP contribution in [0.15, 0.2) is 89.8 Å². The molecule has 0 saturated heterocycles. The summed E-state index contributed by atoms with van der Waals surface area (Å²) in [6.45, 7) is 0. The lowest BCUT2D eigenvalue weighted by Crippen LogP contribution is -2.50. The quantitative estimate of drug-likeness (QED) is 0.646. The average Bonchev–Trinajstić information content (AvgIpc) is 2.77. The Bertz CT molecular complexity index is 1140. The molecule has 1 aliphatic carbocycles. The molecule has 1 fully saturated rings. The first-order valence-corrected chi connectivity index (χ1v) is 11.4. The highest BCUT2D eigenvalue weighted by Gasteiger charge is 2.40. The number of rotatable bonds is 6. The largest absolute Gasteiger partial charge is 0.343 e. The molecule has 1 aliphatic rings. The van der Waals surface area contributed by atoms with E-state index in [1.807, 2.05) is 36.4 Å². The van der Waals surface area contributed by atoms with Crippen LogP contribution in [0.2, 0.25) is 0 Å². The SMILES string of the molecule is CN(c1ccccc1)S(=O)(=O)c1cccc(C(=O)NC2(c3ccccc3)CCC2)c1. The fourth-order valence-electron chi connectivity index (χ4n) is 3.80. The summed E-state index contributed by atoms with van der Waals surface area (Å²) in [5, 5.41) is 3.15. The molecule has 0 spiro atoms. The maximum atomic E-state index is 13.1. The number of amides is 1. The smallest absolute Gasteiger partial charge is 0.264 e. The second kappa shape index (κ2) is 7.95. The van der Waals surface area contributed by atoms with E-state index in [4.69, 9.17) is 0 Å². The first-order chi connectivity index (χ1) is 14.4. The molecule has 0 aromatic heterocycles. The fraction of sp³-hybridized carbons (Fsp3) is 0.208. The molecule has 30 heavy (non-hydrogen) atoms. The number of nitrogens with one attached hydrogen (secondary N) is 1. The number of hydrogen-bond donors (Lipinski definition) is 1. The topological polar surface area (TPSA) is 66.5 Å². The first-order valence-electron chi connectivity index (χ1n) is 9.94. The Balaban J connectivity index is 1.60. The van der Waals surface area contributed by atoms with Gasteiger partial charge in [-0.2, -0.15) is 0 Å². The van der Waals surface area contributed by atoms with Crippen LogP contribution in [0, 0.1) is 0 Å². The van der Waals surface area contributed by atoms with E-state index in [1.165, 1.54) is 23.5 Å². The average molecular weight is 421 g/mol. The van der Waals surface area contributed by atoms with Crippen molar-refractivity contribution in [1.29, 1.82) is 0 Å². The number of hydrogen-bond acceptors (Lipinski definition) is 3. The van der Waals surface area contributed by atoms with Gasteiger partial charge in [-0.15, -0.1) is 0 Å². The number of carbonyl (C=O) groups excluding carboxylic acids is 1. The summed E-state index contributed by atoms with van der Waals surface area (Å²) in [7, 11) is -2.27. The van der Waals surface area contributed by atoms with E-state index in [0.29, 0.717) is 11.3 Å². The van der Waals surface area contributed by atoms with Crippen molar-refractivity contribution >= 4 is 21.6 Å². The van der Waals surface area contributed by atoms with Crippen molar-refractivity contribution in [2.45, 2.75) is 29.7 Å². The molecule has 0 aliphatic heterocycles. The third kappa shape index (κ3) is 3.71. The van der Waals surface area contributed by atoms with Crippen LogP contribution in [0.25, 0.3) is 0 Å². The molecule has 0 unspecified atom stereocenters. The Hall–Kier alpha value is -3.12. The van der Waals surface area contributed by atoms with Crippen molar-refractivity contribution in [3.05, 3.63) is 96.1 Å². The van der Waals surface area contributed by atoms with Gasteiger partial charge >= 0.3 is 0 Å². The zero-order chi connectivity index (χ0) is 21.2. The van der Waals surface area contributed by atoms with Crippen molar-refractivity contribution in [2.24, 2.45) is 0 Å². The van der Waals surface area contributed by atoms with Gasteiger partial charge in [0.2, 0.25) is 0 Å². The Morgan fingerprint density at radius 3 is 2.13 bits per heavy atom. The number of sulfonamides is 1. The summed E-state index contributed by atoms with van der Waals surface area (Å²) in [4.78, 5) is 13.1. The highest BCUT2D eigenvalue weighted by molar-refractivity contribution is 7.92. The van der Waals surface area contributed by atoms with E-state index in [-0.39, 0.29) is 16.3 Å². The van der Waals surface area contributed by atoms with Crippen molar-refractivity contribution < 1.29 is 13.2 Å². The molecule has 3 aromatic rings. The lowest BCUT2D eigenvalue weighted by molar-refractivity contribution is 0.0823. The van der Waals surface area contributed by atoms with Crippen LogP contribution in [-0.4, -0.2) is 21.4 Å². The predicted molar refractivity (Wildman–Crippen MR) is 118 cm³/mol. The minimum atomic E-state index is -3.78. The van der Waals surface area contributed by atoms with Crippen LogP contribution >= 0.6 is 0 Å². The van der Waals surface area contributed by atoms with Crippen LogP contribution in [0.5, 0.6) is 0 Å². The molecule has 0 atom stereocenters. The van der Waals surface area contributed by atoms with Crippen molar-refractivity contribution in [2.75, 3.05) is 11.4 Å². The highest BCUT2D eigenvalue weighted by atomic mass is 32.2. The minimum Gasteiger partial charge on any atom is -0.343 e. The van der Waals surface area contributed by atoms with Crippen LogP contribution in [0.3, 0.4) is 0 Å². The third-order valence-electron chi connectivity index (χ3n) is 5.76. The second-order valence-electron chi connectivity index (χ2n) is 7.59. The van der Waals surface area contributed by atoms with Gasteiger partial charge < -0.3 is 5.32 Å². The van der Waals surface area contributed by atoms with Gasteiger partial charge in [0.05, 0.1) is 16.1 Å². The maximum absolute atomic E-state index is 13.1. The van der Waals surface area contributed by atoms with Crippen LogP contribution < -0.4 is 9.62 Å². The summed E-state index contributed by atoms with van der Waals surface area (Å²) in [5.41, 5.74) is 1.59. The zero-order valence-corrected chi connectivity index (χ0v) is 17.6. The number of para-hydroxylation sites is 1. The first kappa shape index (κ1) is 20.2. The molecule has 0 radical (unpaired) electrons. The summed E-state index contributed by atoms with van der Waals surface area (Å²) in [6.07, 6.45) is 2.79. The van der Waals surface area contributed by atoms with Crippen LogP contribution in [0.1, 0.15) is 35.2 Å². The van der Waals surface area contributed by atoms with Crippen molar-refractivity contribution in [3.8, 4) is 0 Å². The number of nitrogens with zero attached hydrogens (tertiary/aromatic N) is 1. The van der Waals surface area contributed by atoms with Gasteiger partial charge in [0, 0.05) is 12.6 Å². The molecule has 154 valence electrons. The van der Waals surface area contributed by atoms with Crippen molar-refractivity contribution in [1.82, 2.24) is 5.32 Å². The van der Waals surface area contributed by atoms with Gasteiger partial charge in [-0.3, -0.25) is 9.10 Å². The normalized spacial score (nSPS) is 15.1. The molecule has 6 heteroatoms. The number of carbonyl (C=O) groups is 1. The molecule has 4 rings (SSSR count). The molecule has 5 nitrogen and oxygen atoms in total. The Labute approximate surface area is 177 Å². The molecular weight excluding hydrogens is 396 g/mol. The fourth-order valence-corrected chi connectivity index (χ4v) is 5.04. The van der Waals surface area contributed by atoms with Gasteiger partial charge in [-0.1, -0.05) is 54.6 Å². The second-order valence-corrected chi connectivity index (χ2v) is 9.56. The minimum absolute atomic E-state index is 0.0869. The molecule has 3 aromatic carbocycles. The monoisotopic (exact) mass is 420 g/mol. The number of benzene rings is 3. The van der Waals surface area contributed by atoms with E-state index < -0.39 is 10.0 Å². The lowest BCUT2D eigenvalue weighted by atomic mass is 9.71. The van der Waals surface area contributed by atoms with Gasteiger partial charge in [-0.25, -0.2) is 8.42 Å². The summed E-state index contributed by atoms with van der Waals surface area (Å²) in [6, 6.07) is 25.0. The summed E-state index contributed by atoms with van der Waals surface area (Å²) < 4.78 is 27.4. The van der Waals surface area contributed by atoms with Gasteiger partial charge in [0.25, 0.3) is 15.9 Å². The summed E-state index contributed by atoms with van der Waals surface area (Å²) >= 11 is 0. The van der Waals surface area contributed by atoms with Gasteiger partial charge in [0.15, 0.2) is 0 Å². The van der Waals surface area contributed by atoms with Gasteiger partial charge in [0.1, 0.15) is 0 Å². The van der Waals surface area contributed by atoms with Crippen LogP contribution in [0.4, 0.5) is 5.69 Å². The number of anilines is 1. The molecule has 1 saturated carbocycles.